The van der Waals surface area contributed by atoms with Gasteiger partial charge in [-0.1, -0.05) is 30.3 Å². The fourth-order valence-corrected chi connectivity index (χ4v) is 2.75. The number of hydrogen-bond donors (Lipinski definition) is 1. The van der Waals surface area contributed by atoms with Crippen molar-refractivity contribution in [3.8, 4) is 0 Å². The third-order valence-corrected chi connectivity index (χ3v) is 4.27. The fourth-order valence-electron chi connectivity index (χ4n) is 2.75. The molecule has 1 heterocycles. The number of ether oxygens (including phenoxy) is 1. The van der Waals surface area contributed by atoms with Crippen LogP contribution in [0.2, 0.25) is 0 Å². The van der Waals surface area contributed by atoms with E-state index in [1.165, 1.54) is 0 Å². The Hall–Kier alpha value is -1.62. The minimum Gasteiger partial charge on any atom is -0.445 e. The molecule has 1 saturated carbocycles. The van der Waals surface area contributed by atoms with Crippen LogP contribution < -0.4 is 5.32 Å². The maximum absolute atomic E-state index is 12.9. The van der Waals surface area contributed by atoms with E-state index in [1.807, 2.05) is 30.3 Å². The smallest absolute Gasteiger partial charge is 0.410 e. The molecule has 21 heavy (non-hydrogen) atoms. The zero-order chi connectivity index (χ0) is 14.7. The fraction of sp³-hybridized carbons (Fsp3) is 0.562. The number of rotatable bonds is 5. The summed E-state index contributed by atoms with van der Waals surface area (Å²) < 4.78 is 18.2. The van der Waals surface area contributed by atoms with E-state index in [2.05, 4.69) is 5.32 Å². The summed E-state index contributed by atoms with van der Waals surface area (Å²) in [5, 5.41) is 3.35. The zero-order valence-corrected chi connectivity index (χ0v) is 12.1. The maximum atomic E-state index is 12.9. The molecule has 2 aliphatic rings. The first kappa shape index (κ1) is 14.3. The van der Waals surface area contributed by atoms with Crippen LogP contribution in [0.3, 0.4) is 0 Å². The molecule has 1 aromatic carbocycles. The van der Waals surface area contributed by atoms with Crippen LogP contribution in [-0.4, -0.2) is 42.3 Å². The summed E-state index contributed by atoms with van der Waals surface area (Å²) in [6.45, 7) is 1.26. The van der Waals surface area contributed by atoms with Crippen molar-refractivity contribution >= 4 is 6.09 Å². The summed E-state index contributed by atoms with van der Waals surface area (Å²) in [5.41, 5.74) is 0.684. The van der Waals surface area contributed by atoms with Crippen LogP contribution in [0.1, 0.15) is 24.8 Å². The predicted molar refractivity (Wildman–Crippen MR) is 77.7 cm³/mol. The van der Waals surface area contributed by atoms with Gasteiger partial charge < -0.3 is 15.0 Å². The second-order valence-corrected chi connectivity index (χ2v) is 6.03. The van der Waals surface area contributed by atoms with Crippen LogP contribution in [-0.2, 0) is 11.3 Å². The first-order valence-corrected chi connectivity index (χ1v) is 7.50. The van der Waals surface area contributed by atoms with E-state index in [-0.39, 0.29) is 24.3 Å². The van der Waals surface area contributed by atoms with Crippen molar-refractivity contribution < 1.29 is 13.9 Å². The second-order valence-electron chi connectivity index (χ2n) is 6.03. The number of nitrogens with zero attached hydrogens (tertiary/aromatic N) is 1. The Morgan fingerprint density at radius 3 is 2.81 bits per heavy atom. The van der Waals surface area contributed by atoms with Crippen molar-refractivity contribution in [2.75, 3.05) is 19.8 Å². The molecule has 1 N–H and O–H groups in total. The molecule has 1 aliphatic heterocycles. The van der Waals surface area contributed by atoms with E-state index in [4.69, 9.17) is 4.74 Å². The molecule has 1 aliphatic carbocycles. The summed E-state index contributed by atoms with van der Waals surface area (Å²) in [6, 6.07) is 9.82. The summed E-state index contributed by atoms with van der Waals surface area (Å²) in [5.74, 6) is 0. The molecule has 1 atom stereocenters. The number of carbonyl (C=O) groups is 1. The Labute approximate surface area is 124 Å². The van der Waals surface area contributed by atoms with Gasteiger partial charge in [-0.2, -0.15) is 0 Å². The Morgan fingerprint density at radius 1 is 1.38 bits per heavy atom. The molecule has 5 heteroatoms. The van der Waals surface area contributed by atoms with Gasteiger partial charge in [-0.25, -0.2) is 9.18 Å². The van der Waals surface area contributed by atoms with E-state index in [0.29, 0.717) is 19.7 Å². The van der Waals surface area contributed by atoms with E-state index in [0.717, 1.165) is 24.8 Å². The Bertz CT molecular complexity index is 490. The third-order valence-electron chi connectivity index (χ3n) is 4.27. The van der Waals surface area contributed by atoms with Crippen LogP contribution in [0.5, 0.6) is 0 Å². The summed E-state index contributed by atoms with van der Waals surface area (Å²) >= 11 is 0. The van der Waals surface area contributed by atoms with Crippen LogP contribution >= 0.6 is 0 Å². The first-order valence-electron chi connectivity index (χ1n) is 7.50. The highest BCUT2D eigenvalue weighted by Gasteiger charge is 2.45. The third kappa shape index (κ3) is 3.53. The lowest BCUT2D eigenvalue weighted by atomic mass is 10.2. The van der Waals surface area contributed by atoms with Gasteiger partial charge in [0.05, 0.1) is 0 Å². The molecular formula is C16H21FN2O2. The van der Waals surface area contributed by atoms with E-state index < -0.39 is 0 Å². The molecule has 4 nitrogen and oxygen atoms in total. The van der Waals surface area contributed by atoms with Crippen LogP contribution in [0.25, 0.3) is 0 Å². The molecule has 0 aromatic heterocycles. The van der Waals surface area contributed by atoms with Crippen molar-refractivity contribution in [1.82, 2.24) is 10.2 Å². The number of benzene rings is 1. The topological polar surface area (TPSA) is 41.6 Å². The predicted octanol–water partition coefficient (Wildman–Crippen LogP) is 2.49. The molecule has 1 saturated heterocycles. The first-order chi connectivity index (χ1) is 10.2. The summed E-state index contributed by atoms with van der Waals surface area (Å²) in [7, 11) is 0. The number of likely N-dealkylation sites (tertiary alicyclic amines) is 1. The Balaban J connectivity index is 1.44. The molecule has 2 fully saturated rings. The summed E-state index contributed by atoms with van der Waals surface area (Å²) in [4.78, 5) is 13.7. The van der Waals surface area contributed by atoms with E-state index in [1.54, 1.807) is 4.90 Å². The average Bonchev–Trinajstić information content (AvgIpc) is 3.14. The molecule has 114 valence electrons. The minimum absolute atomic E-state index is 0.188. The highest BCUT2D eigenvalue weighted by Crippen LogP contribution is 2.36. The van der Waals surface area contributed by atoms with Gasteiger partial charge in [0.1, 0.15) is 13.3 Å². The van der Waals surface area contributed by atoms with Gasteiger partial charge in [0, 0.05) is 24.7 Å². The van der Waals surface area contributed by atoms with Gasteiger partial charge in [0.25, 0.3) is 0 Å². The van der Waals surface area contributed by atoms with Crippen LogP contribution in [0, 0.1) is 0 Å². The van der Waals surface area contributed by atoms with Crippen LogP contribution in [0.4, 0.5) is 9.18 Å². The standard InChI is InChI=1S/C16H21FN2O2/c17-12-16(7-8-16)18-14-6-9-19(10-14)15(20)21-11-13-4-2-1-3-5-13/h1-5,14,18H,6-12H2. The SMILES string of the molecule is O=C(OCc1ccccc1)N1CCC(NC2(CF)CC2)C1. The van der Waals surface area contributed by atoms with Crippen molar-refractivity contribution in [2.45, 2.75) is 37.5 Å². The molecule has 1 amide bonds. The molecule has 3 rings (SSSR count). The highest BCUT2D eigenvalue weighted by atomic mass is 19.1. The number of nitrogens with one attached hydrogen (secondary N) is 1. The highest BCUT2D eigenvalue weighted by molar-refractivity contribution is 5.68. The van der Waals surface area contributed by atoms with Gasteiger partial charge in [0.15, 0.2) is 0 Å². The second kappa shape index (κ2) is 6.02. The summed E-state index contributed by atoms with van der Waals surface area (Å²) in [6.07, 6.45) is 2.38. The van der Waals surface area contributed by atoms with Crippen molar-refractivity contribution in [1.29, 1.82) is 0 Å². The molecule has 0 bridgehead atoms. The van der Waals surface area contributed by atoms with Gasteiger partial charge in [-0.3, -0.25) is 0 Å². The lowest BCUT2D eigenvalue weighted by Crippen LogP contribution is -2.43. The number of halogens is 1. The largest absolute Gasteiger partial charge is 0.445 e. The Morgan fingerprint density at radius 2 is 2.14 bits per heavy atom. The molecule has 0 radical (unpaired) electrons. The molecular weight excluding hydrogens is 271 g/mol. The Kier molecular flexibility index (Phi) is 4.10. The number of amides is 1. The molecule has 1 aromatic rings. The van der Waals surface area contributed by atoms with Gasteiger partial charge in [-0.05, 0) is 24.8 Å². The average molecular weight is 292 g/mol. The van der Waals surface area contributed by atoms with Gasteiger partial charge in [0.2, 0.25) is 0 Å². The van der Waals surface area contributed by atoms with Gasteiger partial charge in [-0.15, -0.1) is 0 Å². The maximum Gasteiger partial charge on any atom is 0.410 e. The van der Waals surface area contributed by atoms with Crippen molar-refractivity contribution in [3.05, 3.63) is 35.9 Å². The number of alkyl halides is 1. The lowest BCUT2D eigenvalue weighted by molar-refractivity contribution is 0.103. The van der Waals surface area contributed by atoms with E-state index in [9.17, 15) is 9.18 Å². The minimum atomic E-state index is -0.318. The monoisotopic (exact) mass is 292 g/mol. The van der Waals surface area contributed by atoms with Gasteiger partial charge >= 0.3 is 6.09 Å². The van der Waals surface area contributed by atoms with E-state index >= 15 is 0 Å². The van der Waals surface area contributed by atoms with Crippen LogP contribution in [0.15, 0.2) is 30.3 Å². The molecule has 1 unspecified atom stereocenters. The number of hydrogen-bond acceptors (Lipinski definition) is 3. The zero-order valence-electron chi connectivity index (χ0n) is 12.1. The number of carbonyl (C=O) groups excluding carboxylic acids is 1. The molecule has 0 spiro atoms. The van der Waals surface area contributed by atoms with Crippen molar-refractivity contribution in [2.24, 2.45) is 0 Å². The lowest BCUT2D eigenvalue weighted by Gasteiger charge is -2.20. The van der Waals surface area contributed by atoms with Crippen molar-refractivity contribution in [3.63, 3.8) is 0 Å². The quantitative estimate of drug-likeness (QED) is 0.906. The normalized spacial score (nSPS) is 23.1.